The molecule has 0 radical (unpaired) electrons. The molecule has 31 heavy (non-hydrogen) atoms. The van der Waals surface area contributed by atoms with E-state index in [1.807, 2.05) is 46.8 Å². The third-order valence-electron chi connectivity index (χ3n) is 5.20. The SMILES string of the molecule is CC(=NOCC(=O)N1CCC(c2nc(-c3ccc(Cl)c(Cl)c3)cs2)CC1)c1cccs1. The number of aromatic nitrogens is 1. The number of piperidine rings is 1. The fourth-order valence-corrected chi connectivity index (χ4v) is 5.41. The number of amides is 1. The van der Waals surface area contributed by atoms with Gasteiger partial charge in [-0.25, -0.2) is 4.98 Å². The van der Waals surface area contributed by atoms with E-state index in [2.05, 4.69) is 5.16 Å². The summed E-state index contributed by atoms with van der Waals surface area (Å²) in [7, 11) is 0. The van der Waals surface area contributed by atoms with E-state index in [4.69, 9.17) is 33.0 Å². The number of oxime groups is 1. The number of rotatable bonds is 6. The lowest BCUT2D eigenvalue weighted by Crippen LogP contribution is -2.39. The maximum atomic E-state index is 12.5. The van der Waals surface area contributed by atoms with Crippen LogP contribution in [0.4, 0.5) is 0 Å². The summed E-state index contributed by atoms with van der Waals surface area (Å²) < 4.78 is 0. The molecule has 0 aliphatic carbocycles. The molecule has 1 fully saturated rings. The van der Waals surface area contributed by atoms with Crippen LogP contribution in [0.3, 0.4) is 0 Å². The predicted molar refractivity (Wildman–Crippen MR) is 129 cm³/mol. The van der Waals surface area contributed by atoms with E-state index in [0.29, 0.717) is 29.1 Å². The maximum absolute atomic E-state index is 12.5. The standard InChI is InChI=1S/C22H21Cl2N3O2S2/c1-14(20-3-2-10-30-20)26-29-12-21(28)27-8-6-15(7-9-27)22-25-19(13-31-22)16-4-5-17(23)18(24)11-16/h2-5,10-11,13,15H,6-9,12H2,1H3. The van der Waals surface area contributed by atoms with Gasteiger partial charge in [-0.15, -0.1) is 22.7 Å². The third kappa shape index (κ3) is 5.47. The van der Waals surface area contributed by atoms with Gasteiger partial charge in [0, 0.05) is 30.0 Å². The Morgan fingerprint density at radius 3 is 2.74 bits per heavy atom. The number of carbonyl (C=O) groups excluding carboxylic acids is 1. The minimum absolute atomic E-state index is 0.0307. The van der Waals surface area contributed by atoms with E-state index in [0.717, 1.165) is 39.7 Å². The second-order valence-corrected chi connectivity index (χ2v) is 9.93. The molecule has 0 atom stereocenters. The lowest BCUT2D eigenvalue weighted by Gasteiger charge is -2.30. The molecule has 0 bridgehead atoms. The van der Waals surface area contributed by atoms with Gasteiger partial charge in [-0.1, -0.05) is 40.5 Å². The predicted octanol–water partition coefficient (Wildman–Crippen LogP) is 6.33. The number of hydrogen-bond donors (Lipinski definition) is 0. The molecular weight excluding hydrogens is 473 g/mol. The summed E-state index contributed by atoms with van der Waals surface area (Å²) in [6.07, 6.45) is 1.77. The number of benzene rings is 1. The van der Waals surface area contributed by atoms with Crippen molar-refractivity contribution in [2.75, 3.05) is 19.7 Å². The molecule has 3 heterocycles. The molecular formula is C22H21Cl2N3O2S2. The van der Waals surface area contributed by atoms with Crippen LogP contribution in [0, 0.1) is 0 Å². The zero-order valence-electron chi connectivity index (χ0n) is 16.9. The van der Waals surface area contributed by atoms with Crippen molar-refractivity contribution in [1.82, 2.24) is 9.88 Å². The summed E-state index contributed by atoms with van der Waals surface area (Å²) in [5, 5.41) is 10.3. The molecule has 0 N–H and O–H groups in total. The third-order valence-corrected chi connectivity index (χ3v) is 7.93. The molecule has 0 saturated carbocycles. The summed E-state index contributed by atoms with van der Waals surface area (Å²) in [5.74, 6) is 0.322. The number of nitrogens with zero attached hydrogens (tertiary/aromatic N) is 3. The van der Waals surface area contributed by atoms with Crippen molar-refractivity contribution in [3.05, 3.63) is 61.0 Å². The highest BCUT2D eigenvalue weighted by atomic mass is 35.5. The first-order chi connectivity index (χ1) is 15.0. The van der Waals surface area contributed by atoms with E-state index in [1.165, 1.54) is 0 Å². The second kappa shape index (κ2) is 10.1. The molecule has 162 valence electrons. The fourth-order valence-electron chi connectivity index (χ4n) is 3.44. The lowest BCUT2D eigenvalue weighted by atomic mass is 9.97. The van der Waals surface area contributed by atoms with Gasteiger partial charge in [0.25, 0.3) is 5.91 Å². The Morgan fingerprint density at radius 2 is 2.03 bits per heavy atom. The molecule has 1 aliphatic rings. The van der Waals surface area contributed by atoms with Gasteiger partial charge in [0.05, 0.1) is 31.3 Å². The number of thiophene rings is 1. The van der Waals surface area contributed by atoms with E-state index >= 15 is 0 Å². The molecule has 3 aromatic rings. The van der Waals surface area contributed by atoms with Crippen LogP contribution in [0.15, 0.2) is 46.2 Å². The first-order valence-corrected chi connectivity index (χ1v) is 12.4. The average molecular weight is 494 g/mol. The minimum Gasteiger partial charge on any atom is -0.385 e. The van der Waals surface area contributed by atoms with Crippen molar-refractivity contribution < 1.29 is 9.63 Å². The van der Waals surface area contributed by atoms with Crippen LogP contribution in [-0.2, 0) is 9.63 Å². The highest BCUT2D eigenvalue weighted by molar-refractivity contribution is 7.12. The highest BCUT2D eigenvalue weighted by Gasteiger charge is 2.26. The van der Waals surface area contributed by atoms with Crippen molar-refractivity contribution in [1.29, 1.82) is 0 Å². The Hall–Kier alpha value is -1.93. The van der Waals surface area contributed by atoms with Crippen LogP contribution in [0.25, 0.3) is 11.3 Å². The summed E-state index contributed by atoms with van der Waals surface area (Å²) in [6.45, 7) is 3.23. The first-order valence-electron chi connectivity index (χ1n) is 9.90. The van der Waals surface area contributed by atoms with Crippen molar-refractivity contribution in [2.45, 2.75) is 25.7 Å². The Labute approximate surface area is 199 Å². The van der Waals surface area contributed by atoms with Gasteiger partial charge in [0.1, 0.15) is 0 Å². The van der Waals surface area contributed by atoms with Crippen molar-refractivity contribution in [2.24, 2.45) is 5.16 Å². The summed E-state index contributed by atoms with van der Waals surface area (Å²) in [6, 6.07) is 9.50. The quantitative estimate of drug-likeness (QED) is 0.298. The summed E-state index contributed by atoms with van der Waals surface area (Å²) >= 11 is 15.4. The van der Waals surface area contributed by atoms with E-state index in [9.17, 15) is 4.79 Å². The van der Waals surface area contributed by atoms with Crippen molar-refractivity contribution >= 4 is 57.5 Å². The van der Waals surface area contributed by atoms with Gasteiger partial charge >= 0.3 is 0 Å². The average Bonchev–Trinajstić information content (AvgIpc) is 3.48. The number of likely N-dealkylation sites (tertiary alicyclic amines) is 1. The molecule has 1 saturated heterocycles. The number of halogens is 2. The van der Waals surface area contributed by atoms with E-state index < -0.39 is 0 Å². The molecule has 0 unspecified atom stereocenters. The Bertz CT molecular complexity index is 1070. The molecule has 4 rings (SSSR count). The second-order valence-electron chi connectivity index (χ2n) is 7.28. The largest absolute Gasteiger partial charge is 0.385 e. The fraction of sp³-hybridized carbons (Fsp3) is 0.318. The van der Waals surface area contributed by atoms with Crippen LogP contribution in [0.2, 0.25) is 10.0 Å². The van der Waals surface area contributed by atoms with Gasteiger partial charge in [-0.3, -0.25) is 4.79 Å². The smallest absolute Gasteiger partial charge is 0.263 e. The number of carbonyl (C=O) groups is 1. The molecule has 0 spiro atoms. The minimum atomic E-state index is -0.0356. The van der Waals surface area contributed by atoms with Gasteiger partial charge in [0.2, 0.25) is 0 Å². The molecule has 1 aliphatic heterocycles. The maximum Gasteiger partial charge on any atom is 0.263 e. The first kappa shape index (κ1) is 22.3. The zero-order chi connectivity index (χ0) is 21.8. The molecule has 1 aromatic carbocycles. The van der Waals surface area contributed by atoms with Gasteiger partial charge < -0.3 is 9.74 Å². The van der Waals surface area contributed by atoms with Crippen LogP contribution < -0.4 is 0 Å². The Morgan fingerprint density at radius 1 is 1.23 bits per heavy atom. The molecule has 1 amide bonds. The van der Waals surface area contributed by atoms with Gasteiger partial charge in [0.15, 0.2) is 6.61 Å². The Balaban J connectivity index is 1.28. The topological polar surface area (TPSA) is 54.8 Å². The number of hydrogen-bond acceptors (Lipinski definition) is 6. The van der Waals surface area contributed by atoms with E-state index in [1.54, 1.807) is 28.7 Å². The van der Waals surface area contributed by atoms with Crippen LogP contribution >= 0.6 is 45.9 Å². The van der Waals surface area contributed by atoms with Crippen LogP contribution in [-0.4, -0.2) is 41.2 Å². The number of thiazole rings is 1. The summed E-state index contributed by atoms with van der Waals surface area (Å²) in [4.78, 5) is 25.4. The van der Waals surface area contributed by atoms with Crippen molar-refractivity contribution in [3.8, 4) is 11.3 Å². The Kier molecular flexibility index (Phi) is 7.27. The van der Waals surface area contributed by atoms with Crippen LogP contribution in [0.1, 0.15) is 35.6 Å². The highest BCUT2D eigenvalue weighted by Crippen LogP contribution is 2.34. The zero-order valence-corrected chi connectivity index (χ0v) is 20.0. The van der Waals surface area contributed by atoms with Gasteiger partial charge in [-0.2, -0.15) is 0 Å². The lowest BCUT2D eigenvalue weighted by molar-refractivity contribution is -0.137. The summed E-state index contributed by atoms with van der Waals surface area (Å²) in [5.41, 5.74) is 2.65. The molecule has 5 nitrogen and oxygen atoms in total. The van der Waals surface area contributed by atoms with Gasteiger partial charge in [-0.05, 0) is 43.3 Å². The molecule has 2 aromatic heterocycles. The monoisotopic (exact) mass is 493 g/mol. The normalized spacial score (nSPS) is 15.3. The van der Waals surface area contributed by atoms with E-state index in [-0.39, 0.29) is 12.5 Å². The van der Waals surface area contributed by atoms with Crippen LogP contribution in [0.5, 0.6) is 0 Å². The van der Waals surface area contributed by atoms with Crippen molar-refractivity contribution in [3.63, 3.8) is 0 Å². The molecule has 9 heteroatoms.